The van der Waals surface area contributed by atoms with Crippen molar-refractivity contribution in [1.82, 2.24) is 15.0 Å². The van der Waals surface area contributed by atoms with Crippen LogP contribution in [0.25, 0.3) is 22.8 Å². The molecule has 2 aromatic heterocycles. The van der Waals surface area contributed by atoms with Crippen LogP contribution in [-0.2, 0) is 13.0 Å². The van der Waals surface area contributed by atoms with Crippen LogP contribution in [0, 0.1) is 13.8 Å². The molecule has 35 heavy (non-hydrogen) atoms. The molecular formula is C26H26ClN3O5. The molecule has 0 amide bonds. The fourth-order valence-electron chi connectivity index (χ4n) is 3.63. The molecule has 182 valence electrons. The zero-order valence-electron chi connectivity index (χ0n) is 20.0. The normalized spacial score (nSPS) is 10.9. The zero-order chi connectivity index (χ0) is 24.9. The van der Waals surface area contributed by atoms with Crippen molar-refractivity contribution in [3.63, 3.8) is 0 Å². The Morgan fingerprint density at radius 2 is 1.83 bits per heavy atom. The van der Waals surface area contributed by atoms with Crippen LogP contribution in [0.4, 0.5) is 0 Å². The fraction of sp³-hybridized carbons (Fsp3) is 0.269. The summed E-state index contributed by atoms with van der Waals surface area (Å²) in [6.45, 7) is 3.75. The van der Waals surface area contributed by atoms with Crippen molar-refractivity contribution in [2.45, 2.75) is 26.9 Å². The Kier molecular flexibility index (Phi) is 7.53. The molecule has 4 rings (SSSR count). The van der Waals surface area contributed by atoms with Gasteiger partial charge in [0.25, 0.3) is 0 Å². The van der Waals surface area contributed by atoms with Gasteiger partial charge in [-0.25, -0.2) is 9.97 Å². The zero-order valence-corrected chi connectivity index (χ0v) is 20.7. The fourth-order valence-corrected chi connectivity index (χ4v) is 3.82. The topological polar surface area (TPSA) is 99.7 Å². The second-order valence-corrected chi connectivity index (χ2v) is 8.21. The van der Waals surface area contributed by atoms with Crippen LogP contribution in [0.3, 0.4) is 0 Å². The van der Waals surface area contributed by atoms with Crippen molar-refractivity contribution in [3.05, 3.63) is 70.2 Å². The number of hydrogen-bond donors (Lipinski definition) is 1. The summed E-state index contributed by atoms with van der Waals surface area (Å²) < 4.78 is 22.8. The van der Waals surface area contributed by atoms with E-state index in [1.54, 1.807) is 32.4 Å². The SMILES string of the molecule is COc1ccc(-c2nc(COc3nc(-c4cccc(Cl)c4)nc(C)c3CCO)c(C)o2)c(OC)c1. The Morgan fingerprint density at radius 3 is 2.54 bits per heavy atom. The van der Waals surface area contributed by atoms with Crippen LogP contribution in [0.1, 0.15) is 22.7 Å². The number of rotatable bonds is 9. The van der Waals surface area contributed by atoms with E-state index in [0.29, 0.717) is 57.6 Å². The number of methoxy groups -OCH3 is 2. The number of oxazole rings is 1. The van der Waals surface area contributed by atoms with E-state index in [0.717, 1.165) is 16.8 Å². The lowest BCUT2D eigenvalue weighted by molar-refractivity contribution is 0.272. The first-order valence-electron chi connectivity index (χ1n) is 11.0. The highest BCUT2D eigenvalue weighted by molar-refractivity contribution is 6.30. The molecule has 0 fully saturated rings. The molecule has 8 nitrogen and oxygen atoms in total. The predicted molar refractivity (Wildman–Crippen MR) is 132 cm³/mol. The quantitative estimate of drug-likeness (QED) is 0.338. The van der Waals surface area contributed by atoms with Crippen LogP contribution >= 0.6 is 11.6 Å². The number of aryl methyl sites for hydroxylation is 2. The largest absolute Gasteiger partial charge is 0.497 e. The minimum absolute atomic E-state index is 0.0541. The molecular weight excluding hydrogens is 470 g/mol. The highest BCUT2D eigenvalue weighted by Crippen LogP contribution is 2.34. The van der Waals surface area contributed by atoms with E-state index >= 15 is 0 Å². The minimum atomic E-state index is -0.0541. The molecule has 0 aliphatic rings. The first-order valence-corrected chi connectivity index (χ1v) is 11.4. The molecule has 9 heteroatoms. The Bertz CT molecular complexity index is 1340. The van der Waals surface area contributed by atoms with Gasteiger partial charge in [-0.2, -0.15) is 4.98 Å². The maximum atomic E-state index is 9.56. The van der Waals surface area contributed by atoms with Crippen LogP contribution in [-0.4, -0.2) is 40.9 Å². The summed E-state index contributed by atoms with van der Waals surface area (Å²) in [5.41, 5.74) is 3.54. The van der Waals surface area contributed by atoms with Crippen LogP contribution in [0.2, 0.25) is 5.02 Å². The summed E-state index contributed by atoms with van der Waals surface area (Å²) in [5, 5.41) is 10.1. The maximum Gasteiger partial charge on any atom is 0.230 e. The molecule has 0 bridgehead atoms. The number of aromatic nitrogens is 3. The molecule has 0 atom stereocenters. The summed E-state index contributed by atoms with van der Waals surface area (Å²) in [6.07, 6.45) is 0.364. The molecule has 0 radical (unpaired) electrons. The summed E-state index contributed by atoms with van der Waals surface area (Å²) in [5.74, 6) is 3.15. The van der Waals surface area contributed by atoms with Gasteiger partial charge in [-0.1, -0.05) is 23.7 Å². The van der Waals surface area contributed by atoms with Crippen molar-refractivity contribution < 1.29 is 23.7 Å². The van der Waals surface area contributed by atoms with Crippen LogP contribution in [0.15, 0.2) is 46.9 Å². The molecule has 4 aromatic rings. The van der Waals surface area contributed by atoms with E-state index < -0.39 is 0 Å². The van der Waals surface area contributed by atoms with Gasteiger partial charge < -0.3 is 23.7 Å². The summed E-state index contributed by atoms with van der Waals surface area (Å²) >= 11 is 6.15. The van der Waals surface area contributed by atoms with Gasteiger partial charge in [0.15, 0.2) is 5.82 Å². The van der Waals surface area contributed by atoms with Crippen molar-refractivity contribution in [1.29, 1.82) is 0 Å². The second kappa shape index (κ2) is 10.8. The molecule has 0 aliphatic carbocycles. The Balaban J connectivity index is 1.64. The Hall–Kier alpha value is -3.62. The van der Waals surface area contributed by atoms with E-state index in [1.807, 2.05) is 38.1 Å². The number of aliphatic hydroxyl groups excluding tert-OH is 1. The van der Waals surface area contributed by atoms with Gasteiger partial charge in [0.05, 0.1) is 19.8 Å². The molecule has 0 saturated heterocycles. The van der Waals surface area contributed by atoms with Crippen molar-refractivity contribution in [2.75, 3.05) is 20.8 Å². The van der Waals surface area contributed by atoms with Crippen LogP contribution < -0.4 is 14.2 Å². The Labute approximate surface area is 208 Å². The van der Waals surface area contributed by atoms with E-state index in [9.17, 15) is 5.11 Å². The number of hydrogen-bond acceptors (Lipinski definition) is 8. The molecule has 0 spiro atoms. The average Bonchev–Trinajstić information content (AvgIpc) is 3.23. The molecule has 1 N–H and O–H groups in total. The van der Waals surface area contributed by atoms with Gasteiger partial charge >= 0.3 is 0 Å². The van der Waals surface area contributed by atoms with Crippen molar-refractivity contribution in [2.24, 2.45) is 0 Å². The highest BCUT2D eigenvalue weighted by Gasteiger charge is 2.19. The molecule has 0 unspecified atom stereocenters. The lowest BCUT2D eigenvalue weighted by Crippen LogP contribution is -2.08. The van der Waals surface area contributed by atoms with Crippen LogP contribution in [0.5, 0.6) is 17.4 Å². The first-order chi connectivity index (χ1) is 16.9. The molecule has 2 aromatic carbocycles. The standard InChI is InChI=1S/C26H26ClN3O5/c1-15-20(10-11-31)25(30-24(28-15)17-6-5-7-18(27)12-17)34-14-22-16(2)35-26(29-22)21-9-8-19(32-3)13-23(21)33-4/h5-9,12-13,31H,10-11,14H2,1-4H3. The van der Waals surface area contributed by atoms with Gasteiger partial charge in [-0.05, 0) is 38.1 Å². The minimum Gasteiger partial charge on any atom is -0.497 e. The van der Waals surface area contributed by atoms with E-state index in [4.69, 9.17) is 30.2 Å². The summed E-state index contributed by atoms with van der Waals surface area (Å²) in [7, 11) is 3.17. The van der Waals surface area contributed by atoms with Gasteiger partial charge in [0.2, 0.25) is 11.8 Å². The highest BCUT2D eigenvalue weighted by atomic mass is 35.5. The molecule has 0 saturated carbocycles. The van der Waals surface area contributed by atoms with Crippen molar-refractivity contribution >= 4 is 11.6 Å². The third kappa shape index (κ3) is 5.39. The van der Waals surface area contributed by atoms with E-state index in [2.05, 4.69) is 15.0 Å². The summed E-state index contributed by atoms with van der Waals surface area (Å²) in [4.78, 5) is 13.8. The Morgan fingerprint density at radius 1 is 1.00 bits per heavy atom. The predicted octanol–water partition coefficient (Wildman–Crippen LogP) is 5.20. The third-order valence-corrected chi connectivity index (χ3v) is 5.73. The second-order valence-electron chi connectivity index (χ2n) is 7.78. The van der Waals surface area contributed by atoms with Gasteiger partial charge in [-0.3, -0.25) is 0 Å². The van der Waals surface area contributed by atoms with Gasteiger partial charge in [0, 0.05) is 40.9 Å². The third-order valence-electron chi connectivity index (χ3n) is 5.50. The molecule has 2 heterocycles. The monoisotopic (exact) mass is 495 g/mol. The summed E-state index contributed by atoms with van der Waals surface area (Å²) in [6, 6.07) is 12.7. The average molecular weight is 496 g/mol. The lowest BCUT2D eigenvalue weighted by atomic mass is 10.1. The number of halogens is 1. The number of nitrogens with zero attached hydrogens (tertiary/aromatic N) is 3. The van der Waals surface area contributed by atoms with Gasteiger partial charge in [0.1, 0.15) is 29.6 Å². The van der Waals surface area contributed by atoms with E-state index in [1.165, 1.54) is 0 Å². The smallest absolute Gasteiger partial charge is 0.230 e. The maximum absolute atomic E-state index is 9.56. The molecule has 0 aliphatic heterocycles. The lowest BCUT2D eigenvalue weighted by Gasteiger charge is -2.13. The van der Waals surface area contributed by atoms with E-state index in [-0.39, 0.29) is 13.2 Å². The number of ether oxygens (including phenoxy) is 3. The van der Waals surface area contributed by atoms with Crippen molar-refractivity contribution in [3.8, 4) is 40.2 Å². The number of aliphatic hydroxyl groups is 1. The van der Waals surface area contributed by atoms with Gasteiger partial charge in [-0.15, -0.1) is 0 Å². The number of benzene rings is 2. The first kappa shape index (κ1) is 24.5.